The second-order valence-corrected chi connectivity index (χ2v) is 5.14. The third-order valence-corrected chi connectivity index (χ3v) is 3.43. The van der Waals surface area contributed by atoms with Gasteiger partial charge in [0.2, 0.25) is 5.91 Å². The van der Waals surface area contributed by atoms with Crippen molar-refractivity contribution in [1.82, 2.24) is 10.3 Å². The molecule has 2 N–H and O–H groups in total. The van der Waals surface area contributed by atoms with Gasteiger partial charge in [-0.05, 0) is 17.7 Å². The molecule has 1 aromatic rings. The summed E-state index contributed by atoms with van der Waals surface area (Å²) in [6.45, 7) is 0. The van der Waals surface area contributed by atoms with Crippen LogP contribution in [0.1, 0.15) is 30.9 Å². The van der Waals surface area contributed by atoms with Crippen molar-refractivity contribution in [3.63, 3.8) is 0 Å². The van der Waals surface area contributed by atoms with Gasteiger partial charge in [-0.15, -0.1) is 0 Å². The molecule has 23 heavy (non-hydrogen) atoms. The van der Waals surface area contributed by atoms with Crippen molar-refractivity contribution in [2.24, 2.45) is 5.10 Å². The Morgan fingerprint density at radius 2 is 2.00 bits per heavy atom. The van der Waals surface area contributed by atoms with Crippen molar-refractivity contribution in [2.45, 2.75) is 25.3 Å². The summed E-state index contributed by atoms with van der Waals surface area (Å²) in [6.07, 6.45) is 0.0144. The monoisotopic (exact) mass is 321 g/mol. The fourth-order valence-corrected chi connectivity index (χ4v) is 2.20. The number of rotatable bonds is 5. The van der Waals surface area contributed by atoms with E-state index in [1.165, 1.54) is 31.3 Å². The number of hydrogen-bond donors (Lipinski definition) is 2. The standard InChI is InChI=1S/C15H16FN3O4/c1-19-13(20)7-6-11(18-19)15(23)17-12(8-14(21)22)9-2-4-10(16)5-3-9/h2-5,12H,6-8H2,1H3,(H,17,23)(H,21,22)/t12-/m0/s1. The lowest BCUT2D eigenvalue weighted by molar-refractivity contribution is -0.137. The van der Waals surface area contributed by atoms with Gasteiger partial charge in [-0.1, -0.05) is 12.1 Å². The molecular formula is C15H16FN3O4. The van der Waals surface area contributed by atoms with Crippen molar-refractivity contribution >= 4 is 23.5 Å². The Hall–Kier alpha value is -2.77. The van der Waals surface area contributed by atoms with Gasteiger partial charge < -0.3 is 10.4 Å². The number of nitrogens with zero attached hydrogens (tertiary/aromatic N) is 2. The van der Waals surface area contributed by atoms with Crippen LogP contribution >= 0.6 is 0 Å². The van der Waals surface area contributed by atoms with Crippen LogP contribution in [0.25, 0.3) is 0 Å². The second-order valence-electron chi connectivity index (χ2n) is 5.14. The van der Waals surface area contributed by atoms with E-state index in [4.69, 9.17) is 5.11 Å². The van der Waals surface area contributed by atoms with Gasteiger partial charge in [0.25, 0.3) is 5.91 Å². The number of amides is 2. The summed E-state index contributed by atoms with van der Waals surface area (Å²) in [5, 5.41) is 16.5. The highest BCUT2D eigenvalue weighted by molar-refractivity contribution is 6.39. The van der Waals surface area contributed by atoms with Crippen LogP contribution in [-0.2, 0) is 14.4 Å². The minimum atomic E-state index is -1.10. The average Bonchev–Trinajstić information content (AvgIpc) is 2.49. The van der Waals surface area contributed by atoms with Gasteiger partial charge >= 0.3 is 5.97 Å². The predicted octanol–water partition coefficient (Wildman–Crippen LogP) is 1.07. The molecule has 0 saturated carbocycles. The van der Waals surface area contributed by atoms with Crippen LogP contribution in [0.4, 0.5) is 4.39 Å². The van der Waals surface area contributed by atoms with Crippen LogP contribution < -0.4 is 5.32 Å². The number of carbonyl (C=O) groups excluding carboxylic acids is 2. The van der Waals surface area contributed by atoms with Gasteiger partial charge in [0.1, 0.15) is 11.5 Å². The predicted molar refractivity (Wildman–Crippen MR) is 79.0 cm³/mol. The van der Waals surface area contributed by atoms with E-state index in [0.717, 1.165) is 5.01 Å². The third kappa shape index (κ3) is 4.35. The van der Waals surface area contributed by atoms with Crippen LogP contribution in [0, 0.1) is 5.82 Å². The zero-order valence-electron chi connectivity index (χ0n) is 12.5. The van der Waals surface area contributed by atoms with Crippen molar-refractivity contribution in [2.75, 3.05) is 7.05 Å². The number of carboxylic acid groups (broad SMARTS) is 1. The number of carboxylic acids is 1. The molecule has 122 valence electrons. The normalized spacial score (nSPS) is 15.8. The molecule has 1 aliphatic rings. The summed E-state index contributed by atoms with van der Waals surface area (Å²) in [5.74, 6) is -2.29. The quantitative estimate of drug-likeness (QED) is 0.847. The molecule has 0 fully saturated rings. The third-order valence-electron chi connectivity index (χ3n) is 3.43. The zero-order valence-corrected chi connectivity index (χ0v) is 12.5. The van der Waals surface area contributed by atoms with E-state index < -0.39 is 23.7 Å². The molecule has 1 aromatic carbocycles. The highest BCUT2D eigenvalue weighted by atomic mass is 19.1. The number of hydrazone groups is 1. The van der Waals surface area contributed by atoms with Crippen LogP contribution in [0.2, 0.25) is 0 Å². The number of halogens is 1. The molecule has 2 amide bonds. The van der Waals surface area contributed by atoms with E-state index in [2.05, 4.69) is 10.4 Å². The molecule has 0 spiro atoms. The molecule has 0 unspecified atom stereocenters. The molecule has 0 aliphatic carbocycles. The smallest absolute Gasteiger partial charge is 0.305 e. The van der Waals surface area contributed by atoms with Crippen LogP contribution in [0.5, 0.6) is 0 Å². The van der Waals surface area contributed by atoms with Crippen LogP contribution in [-0.4, -0.2) is 40.7 Å². The molecular weight excluding hydrogens is 305 g/mol. The Labute approximate surface area is 131 Å². The first-order valence-electron chi connectivity index (χ1n) is 6.99. The van der Waals surface area contributed by atoms with E-state index in [1.807, 2.05) is 0 Å². The molecule has 0 radical (unpaired) electrons. The lowest BCUT2D eigenvalue weighted by Gasteiger charge is -2.22. The summed E-state index contributed by atoms with van der Waals surface area (Å²) in [7, 11) is 1.45. The first-order chi connectivity index (χ1) is 10.9. The summed E-state index contributed by atoms with van der Waals surface area (Å²) >= 11 is 0. The van der Waals surface area contributed by atoms with Gasteiger partial charge in [0, 0.05) is 19.9 Å². The molecule has 0 aromatic heterocycles. The highest BCUT2D eigenvalue weighted by Crippen LogP contribution is 2.18. The molecule has 0 bridgehead atoms. The average molecular weight is 321 g/mol. The van der Waals surface area contributed by atoms with E-state index in [9.17, 15) is 18.8 Å². The maximum absolute atomic E-state index is 13.0. The number of aliphatic carboxylic acids is 1. The Morgan fingerprint density at radius 3 is 2.57 bits per heavy atom. The fraction of sp³-hybridized carbons (Fsp3) is 0.333. The first-order valence-corrected chi connectivity index (χ1v) is 6.99. The second kappa shape index (κ2) is 6.99. The zero-order chi connectivity index (χ0) is 17.0. The minimum absolute atomic E-state index is 0.157. The molecule has 0 saturated heterocycles. The lowest BCUT2D eigenvalue weighted by atomic mass is 10.0. The fourth-order valence-electron chi connectivity index (χ4n) is 2.20. The van der Waals surface area contributed by atoms with Crippen molar-refractivity contribution in [3.05, 3.63) is 35.6 Å². The maximum Gasteiger partial charge on any atom is 0.305 e. The Bertz CT molecular complexity index is 657. The molecule has 1 aliphatic heterocycles. The van der Waals surface area contributed by atoms with E-state index in [1.54, 1.807) is 0 Å². The Balaban J connectivity index is 2.16. The highest BCUT2D eigenvalue weighted by Gasteiger charge is 2.25. The van der Waals surface area contributed by atoms with E-state index in [0.29, 0.717) is 5.56 Å². The first kappa shape index (κ1) is 16.6. The van der Waals surface area contributed by atoms with Crippen LogP contribution in [0.3, 0.4) is 0 Å². The summed E-state index contributed by atoms with van der Waals surface area (Å²) in [5.41, 5.74) is 0.632. The Morgan fingerprint density at radius 1 is 1.35 bits per heavy atom. The summed E-state index contributed by atoms with van der Waals surface area (Å²) in [4.78, 5) is 34.6. The SMILES string of the molecule is CN1N=C(C(=O)N[C@@H](CC(=O)O)c2ccc(F)cc2)CCC1=O. The van der Waals surface area contributed by atoms with Gasteiger partial charge in [-0.2, -0.15) is 5.10 Å². The van der Waals surface area contributed by atoms with Crippen molar-refractivity contribution < 1.29 is 23.9 Å². The minimum Gasteiger partial charge on any atom is -0.481 e. The summed E-state index contributed by atoms with van der Waals surface area (Å²) < 4.78 is 13.0. The number of hydrogen-bond acceptors (Lipinski definition) is 4. The van der Waals surface area contributed by atoms with Gasteiger partial charge in [0.05, 0.1) is 12.5 Å². The van der Waals surface area contributed by atoms with Gasteiger partial charge in [0.15, 0.2) is 0 Å². The molecule has 1 heterocycles. The Kier molecular flexibility index (Phi) is 5.05. The molecule has 7 nitrogen and oxygen atoms in total. The van der Waals surface area contributed by atoms with Gasteiger partial charge in [-0.25, -0.2) is 9.40 Å². The maximum atomic E-state index is 13.0. The number of carbonyl (C=O) groups is 3. The van der Waals surface area contributed by atoms with E-state index in [-0.39, 0.29) is 30.9 Å². The molecule has 1 atom stereocenters. The van der Waals surface area contributed by atoms with E-state index >= 15 is 0 Å². The van der Waals surface area contributed by atoms with Crippen molar-refractivity contribution in [3.8, 4) is 0 Å². The topological polar surface area (TPSA) is 99.1 Å². The number of benzene rings is 1. The number of nitrogens with one attached hydrogen (secondary N) is 1. The van der Waals surface area contributed by atoms with Crippen LogP contribution in [0.15, 0.2) is 29.4 Å². The molecule has 2 rings (SSSR count). The summed E-state index contributed by atoms with van der Waals surface area (Å²) in [6, 6.07) is 4.41. The largest absolute Gasteiger partial charge is 0.481 e. The lowest BCUT2D eigenvalue weighted by Crippen LogP contribution is -2.39. The molecule has 8 heteroatoms. The van der Waals surface area contributed by atoms with Gasteiger partial charge in [-0.3, -0.25) is 14.4 Å². The van der Waals surface area contributed by atoms with Crippen molar-refractivity contribution in [1.29, 1.82) is 0 Å².